The number of aromatic amines is 2. The highest BCUT2D eigenvalue weighted by atomic mass is 16.5. The summed E-state index contributed by atoms with van der Waals surface area (Å²) < 4.78 is 11.7. The summed E-state index contributed by atoms with van der Waals surface area (Å²) in [5.74, 6) is -0.627. The molecule has 0 atom stereocenters. The lowest BCUT2D eigenvalue weighted by molar-refractivity contribution is 0.0471. The van der Waals surface area contributed by atoms with Gasteiger partial charge in [-0.2, -0.15) is 14.7 Å². The second-order valence-electron chi connectivity index (χ2n) is 8.37. The summed E-state index contributed by atoms with van der Waals surface area (Å²) in [5.41, 5.74) is 1.11. The van der Waals surface area contributed by atoms with Crippen LogP contribution >= 0.6 is 0 Å². The first kappa shape index (κ1) is 23.1. The number of aromatic nitrogens is 6. The Kier molecular flexibility index (Phi) is 6.42. The van der Waals surface area contributed by atoms with Gasteiger partial charge in [0.05, 0.1) is 18.9 Å². The number of ether oxygens (including phenoxy) is 2. The first-order valence-electron chi connectivity index (χ1n) is 10.4. The van der Waals surface area contributed by atoms with Gasteiger partial charge >= 0.3 is 11.9 Å². The van der Waals surface area contributed by atoms with E-state index in [1.807, 2.05) is 34.6 Å². The van der Waals surface area contributed by atoms with Gasteiger partial charge in [0.2, 0.25) is 5.95 Å². The van der Waals surface area contributed by atoms with Crippen LogP contribution in [0.25, 0.3) is 5.65 Å². The molecule has 0 fully saturated rings. The van der Waals surface area contributed by atoms with Gasteiger partial charge in [-0.05, 0) is 13.8 Å². The predicted molar refractivity (Wildman–Crippen MR) is 115 cm³/mol. The van der Waals surface area contributed by atoms with Crippen molar-refractivity contribution >= 4 is 29.2 Å². The van der Waals surface area contributed by atoms with Crippen molar-refractivity contribution in [2.75, 3.05) is 13.2 Å². The SMILES string of the molecule is CCOC(=O)c1nc(N=Nc2c(C(C)(C)C)nn3c(C(C)C)n[nH]c23)[nH]c1C(=O)OCC. The highest BCUT2D eigenvalue weighted by Crippen LogP contribution is 2.35. The lowest BCUT2D eigenvalue weighted by Gasteiger charge is -2.15. The zero-order valence-electron chi connectivity index (χ0n) is 19.3. The van der Waals surface area contributed by atoms with Gasteiger partial charge in [0, 0.05) is 11.3 Å². The molecule has 0 unspecified atom stereocenters. The van der Waals surface area contributed by atoms with E-state index in [1.54, 1.807) is 18.4 Å². The molecule has 3 aromatic rings. The van der Waals surface area contributed by atoms with Gasteiger partial charge in [0.15, 0.2) is 28.5 Å². The smallest absolute Gasteiger partial charge is 0.359 e. The molecule has 172 valence electrons. The first-order valence-corrected chi connectivity index (χ1v) is 10.4. The fraction of sp³-hybridized carbons (Fsp3) is 0.550. The number of H-pyrrole nitrogens is 2. The minimum Gasteiger partial charge on any atom is -0.461 e. The van der Waals surface area contributed by atoms with Crippen LogP contribution in [0.15, 0.2) is 10.2 Å². The molecule has 12 heteroatoms. The molecule has 0 aliphatic carbocycles. The molecule has 0 aliphatic rings. The molecule has 3 rings (SSSR count). The highest BCUT2D eigenvalue weighted by molar-refractivity contribution is 6.01. The first-order chi connectivity index (χ1) is 15.1. The number of hydrogen-bond donors (Lipinski definition) is 2. The van der Waals surface area contributed by atoms with Crippen molar-refractivity contribution in [3.8, 4) is 0 Å². The fourth-order valence-electron chi connectivity index (χ4n) is 3.01. The molecule has 0 saturated carbocycles. The van der Waals surface area contributed by atoms with E-state index in [2.05, 4.69) is 30.4 Å². The zero-order chi connectivity index (χ0) is 23.6. The number of carbonyl (C=O) groups is 2. The summed E-state index contributed by atoms with van der Waals surface area (Å²) in [5, 5.41) is 20.5. The van der Waals surface area contributed by atoms with E-state index in [0.717, 1.165) is 5.82 Å². The molecule has 0 aromatic carbocycles. The molecule has 32 heavy (non-hydrogen) atoms. The second-order valence-corrected chi connectivity index (χ2v) is 8.37. The maximum atomic E-state index is 12.2. The van der Waals surface area contributed by atoms with E-state index >= 15 is 0 Å². The lowest BCUT2D eigenvalue weighted by atomic mass is 9.91. The summed E-state index contributed by atoms with van der Waals surface area (Å²) >= 11 is 0. The van der Waals surface area contributed by atoms with Crippen molar-refractivity contribution in [3.63, 3.8) is 0 Å². The Hall–Kier alpha value is -3.57. The Balaban J connectivity index is 2.08. The van der Waals surface area contributed by atoms with E-state index in [-0.39, 0.29) is 41.9 Å². The van der Waals surface area contributed by atoms with Crippen LogP contribution < -0.4 is 0 Å². The minimum atomic E-state index is -0.758. The summed E-state index contributed by atoms with van der Waals surface area (Å²) in [6.45, 7) is 13.7. The Morgan fingerprint density at radius 3 is 2.34 bits per heavy atom. The quantitative estimate of drug-likeness (QED) is 0.413. The molecular formula is C20H28N8O4. The van der Waals surface area contributed by atoms with E-state index in [9.17, 15) is 9.59 Å². The average molecular weight is 444 g/mol. The van der Waals surface area contributed by atoms with Gasteiger partial charge in [-0.3, -0.25) is 5.10 Å². The third-order valence-electron chi connectivity index (χ3n) is 4.46. The number of carbonyl (C=O) groups excluding carboxylic acids is 2. The molecule has 2 N–H and O–H groups in total. The van der Waals surface area contributed by atoms with Gasteiger partial charge in [-0.1, -0.05) is 34.6 Å². The molecule has 0 radical (unpaired) electrons. The highest BCUT2D eigenvalue weighted by Gasteiger charge is 2.28. The van der Waals surface area contributed by atoms with Gasteiger partial charge in [0.25, 0.3) is 0 Å². The van der Waals surface area contributed by atoms with Crippen molar-refractivity contribution in [3.05, 3.63) is 22.9 Å². The minimum absolute atomic E-state index is 0.0427. The lowest BCUT2D eigenvalue weighted by Crippen LogP contribution is -2.13. The molecule has 3 heterocycles. The summed E-state index contributed by atoms with van der Waals surface area (Å²) in [4.78, 5) is 31.3. The molecule has 0 bridgehead atoms. The second kappa shape index (κ2) is 8.89. The van der Waals surface area contributed by atoms with E-state index in [1.165, 1.54) is 0 Å². The third-order valence-corrected chi connectivity index (χ3v) is 4.46. The Labute approximate surface area is 184 Å². The molecular weight excluding hydrogens is 416 g/mol. The number of nitrogens with zero attached hydrogens (tertiary/aromatic N) is 6. The normalized spacial score (nSPS) is 12.2. The van der Waals surface area contributed by atoms with Crippen LogP contribution in [0.1, 0.15) is 86.9 Å². The standard InChI is InChI=1S/C20H28N8O4/c1-8-31-17(29)11-12(18(30)32-9-2)22-19(21-11)26-23-13-14(20(5,6)7)27-28-15(10(3)4)24-25-16(13)28/h10,25H,8-9H2,1-7H3,(H,21,22). The van der Waals surface area contributed by atoms with Gasteiger partial charge < -0.3 is 14.5 Å². The van der Waals surface area contributed by atoms with E-state index in [4.69, 9.17) is 14.6 Å². The zero-order valence-corrected chi connectivity index (χ0v) is 19.3. The third kappa shape index (κ3) is 4.39. The van der Waals surface area contributed by atoms with Crippen LogP contribution in [0.5, 0.6) is 0 Å². The van der Waals surface area contributed by atoms with Crippen LogP contribution in [-0.2, 0) is 14.9 Å². The number of nitrogens with one attached hydrogen (secondary N) is 2. The molecule has 0 amide bonds. The van der Waals surface area contributed by atoms with Crippen LogP contribution in [-0.4, -0.2) is 54.9 Å². The van der Waals surface area contributed by atoms with Gasteiger partial charge in [-0.15, -0.1) is 10.2 Å². The van der Waals surface area contributed by atoms with Crippen molar-refractivity contribution < 1.29 is 19.1 Å². The van der Waals surface area contributed by atoms with Crippen molar-refractivity contribution in [1.29, 1.82) is 0 Å². The number of azo groups is 1. The predicted octanol–water partition coefficient (Wildman–Crippen LogP) is 3.97. The van der Waals surface area contributed by atoms with Gasteiger partial charge in [0.1, 0.15) is 0 Å². The molecule has 0 spiro atoms. The van der Waals surface area contributed by atoms with Crippen LogP contribution in [0.4, 0.5) is 11.6 Å². The van der Waals surface area contributed by atoms with E-state index in [0.29, 0.717) is 17.0 Å². The molecule has 0 saturated heterocycles. The fourth-order valence-corrected chi connectivity index (χ4v) is 3.01. The molecule has 0 aliphatic heterocycles. The Morgan fingerprint density at radius 2 is 1.75 bits per heavy atom. The number of rotatable bonds is 7. The maximum Gasteiger partial charge on any atom is 0.359 e. The molecule has 12 nitrogen and oxygen atoms in total. The van der Waals surface area contributed by atoms with Crippen molar-refractivity contribution in [2.45, 2.75) is 59.8 Å². The summed E-state index contributed by atoms with van der Waals surface area (Å²) in [6.07, 6.45) is 0. The van der Waals surface area contributed by atoms with Crippen molar-refractivity contribution in [1.82, 2.24) is 29.8 Å². The maximum absolute atomic E-state index is 12.2. The van der Waals surface area contributed by atoms with Crippen LogP contribution in [0.2, 0.25) is 0 Å². The summed E-state index contributed by atoms with van der Waals surface area (Å²) in [7, 11) is 0. The van der Waals surface area contributed by atoms with E-state index < -0.39 is 11.9 Å². The number of fused-ring (bicyclic) bond motifs is 1. The Bertz CT molecular complexity index is 1130. The Morgan fingerprint density at radius 1 is 1.09 bits per heavy atom. The average Bonchev–Trinajstić information content (AvgIpc) is 3.39. The van der Waals surface area contributed by atoms with Crippen molar-refractivity contribution in [2.24, 2.45) is 10.2 Å². The number of hydrogen-bond acceptors (Lipinski definition) is 9. The summed E-state index contributed by atoms with van der Waals surface area (Å²) in [6, 6.07) is 0. The van der Waals surface area contributed by atoms with Crippen LogP contribution in [0.3, 0.4) is 0 Å². The topological polar surface area (TPSA) is 152 Å². The largest absolute Gasteiger partial charge is 0.461 e. The van der Waals surface area contributed by atoms with Crippen LogP contribution in [0, 0.1) is 0 Å². The number of imidazole rings is 1. The monoisotopic (exact) mass is 444 g/mol. The number of esters is 2. The van der Waals surface area contributed by atoms with Gasteiger partial charge in [-0.25, -0.2) is 14.6 Å². The molecule has 3 aromatic heterocycles.